The Labute approximate surface area is 100 Å². The van der Waals surface area contributed by atoms with E-state index < -0.39 is 0 Å². The maximum absolute atomic E-state index is 11.2. The van der Waals surface area contributed by atoms with Crippen LogP contribution in [-0.2, 0) is 9.53 Å². The lowest BCUT2D eigenvalue weighted by Gasteiger charge is -2.07. The summed E-state index contributed by atoms with van der Waals surface area (Å²) >= 11 is 5.86. The molecule has 0 heterocycles. The Kier molecular flexibility index (Phi) is 5.12. The van der Waals surface area contributed by atoms with Crippen molar-refractivity contribution in [1.82, 2.24) is 0 Å². The number of hydrogen-bond donors (Lipinski definition) is 0. The zero-order chi connectivity index (χ0) is 12.0. The molecule has 0 aliphatic rings. The number of benzene rings is 1. The van der Waals surface area contributed by atoms with Gasteiger partial charge in [0.2, 0.25) is 0 Å². The summed E-state index contributed by atoms with van der Waals surface area (Å²) in [6, 6.07) is 5.25. The van der Waals surface area contributed by atoms with Crippen molar-refractivity contribution >= 4 is 17.6 Å². The lowest BCUT2D eigenvalue weighted by molar-refractivity contribution is -0.146. The molecule has 0 saturated carbocycles. The van der Waals surface area contributed by atoms with E-state index in [1.807, 2.05) is 13.8 Å². The summed E-state index contributed by atoms with van der Waals surface area (Å²) in [7, 11) is 0. The normalized spacial score (nSPS) is 9.94. The molecule has 0 aromatic heterocycles. The van der Waals surface area contributed by atoms with Gasteiger partial charge in [-0.05, 0) is 37.1 Å². The van der Waals surface area contributed by atoms with E-state index in [0.29, 0.717) is 17.4 Å². The minimum absolute atomic E-state index is 0.0684. The van der Waals surface area contributed by atoms with E-state index in [4.69, 9.17) is 21.1 Å². The molecule has 88 valence electrons. The topological polar surface area (TPSA) is 35.5 Å². The van der Waals surface area contributed by atoms with Gasteiger partial charge in [0.1, 0.15) is 5.75 Å². The van der Waals surface area contributed by atoms with Crippen molar-refractivity contribution in [2.45, 2.75) is 20.3 Å². The quantitative estimate of drug-likeness (QED) is 0.745. The molecule has 0 spiro atoms. The number of aryl methyl sites for hydroxylation is 1. The molecule has 0 aliphatic heterocycles. The number of halogens is 1. The van der Waals surface area contributed by atoms with E-state index in [2.05, 4.69) is 0 Å². The van der Waals surface area contributed by atoms with Crippen LogP contribution in [0.5, 0.6) is 5.75 Å². The summed E-state index contributed by atoms with van der Waals surface area (Å²) in [5.74, 6) is 0.268. The average molecular weight is 243 g/mol. The molecule has 0 fully saturated rings. The van der Waals surface area contributed by atoms with E-state index in [0.717, 1.165) is 12.0 Å². The molecule has 0 amide bonds. The van der Waals surface area contributed by atoms with Gasteiger partial charge < -0.3 is 9.47 Å². The molecule has 4 heteroatoms. The van der Waals surface area contributed by atoms with Gasteiger partial charge in [0.25, 0.3) is 0 Å². The molecular weight excluding hydrogens is 228 g/mol. The van der Waals surface area contributed by atoms with Crippen molar-refractivity contribution in [2.24, 2.45) is 0 Å². The lowest BCUT2D eigenvalue weighted by Crippen LogP contribution is -2.15. The van der Waals surface area contributed by atoms with E-state index in [-0.39, 0.29) is 12.6 Å². The Balaban J connectivity index is 2.42. The number of carbonyl (C=O) groups is 1. The van der Waals surface area contributed by atoms with Crippen molar-refractivity contribution in [3.05, 3.63) is 28.8 Å². The fourth-order valence-corrected chi connectivity index (χ4v) is 1.22. The van der Waals surface area contributed by atoms with E-state index >= 15 is 0 Å². The predicted octanol–water partition coefficient (Wildman–Crippen LogP) is 2.98. The van der Waals surface area contributed by atoms with Gasteiger partial charge in [0, 0.05) is 5.02 Å². The van der Waals surface area contributed by atoms with E-state index in [1.165, 1.54) is 0 Å². The van der Waals surface area contributed by atoms with Crippen LogP contribution >= 0.6 is 11.6 Å². The first kappa shape index (κ1) is 12.8. The van der Waals surface area contributed by atoms with Crippen LogP contribution < -0.4 is 4.74 Å². The van der Waals surface area contributed by atoms with Crippen molar-refractivity contribution in [3.8, 4) is 5.75 Å². The first-order valence-corrected chi connectivity index (χ1v) is 5.56. The Morgan fingerprint density at radius 2 is 2.19 bits per heavy atom. The molecule has 3 nitrogen and oxygen atoms in total. The van der Waals surface area contributed by atoms with Crippen LogP contribution in [0, 0.1) is 6.92 Å². The van der Waals surface area contributed by atoms with Crippen molar-refractivity contribution < 1.29 is 14.3 Å². The minimum Gasteiger partial charge on any atom is -0.482 e. The largest absolute Gasteiger partial charge is 0.482 e. The standard InChI is InChI=1S/C12H15ClO3/c1-3-6-15-12(14)8-16-10-4-5-11(13)9(2)7-10/h4-5,7H,3,6,8H2,1-2H3. The van der Waals surface area contributed by atoms with Gasteiger partial charge in [0.15, 0.2) is 6.61 Å². The summed E-state index contributed by atoms with van der Waals surface area (Å²) in [6.45, 7) is 4.18. The summed E-state index contributed by atoms with van der Waals surface area (Å²) in [5.41, 5.74) is 0.918. The highest BCUT2D eigenvalue weighted by Crippen LogP contribution is 2.20. The van der Waals surface area contributed by atoms with Crippen LogP contribution in [0.4, 0.5) is 0 Å². The molecule has 0 bridgehead atoms. The molecule has 1 aromatic rings. The number of hydrogen-bond acceptors (Lipinski definition) is 3. The van der Waals surface area contributed by atoms with Gasteiger partial charge in [0.05, 0.1) is 6.61 Å². The Morgan fingerprint density at radius 1 is 1.44 bits per heavy atom. The highest BCUT2D eigenvalue weighted by Gasteiger charge is 2.04. The third-order valence-electron chi connectivity index (χ3n) is 1.95. The van der Waals surface area contributed by atoms with Gasteiger partial charge in [-0.15, -0.1) is 0 Å². The lowest BCUT2D eigenvalue weighted by atomic mass is 10.2. The van der Waals surface area contributed by atoms with E-state index in [9.17, 15) is 4.79 Å². The summed E-state index contributed by atoms with van der Waals surface area (Å²) in [5, 5.41) is 0.681. The number of carbonyl (C=O) groups excluding carboxylic acids is 1. The molecular formula is C12H15ClO3. The SMILES string of the molecule is CCCOC(=O)COc1ccc(Cl)c(C)c1. The van der Waals surface area contributed by atoms with Crippen LogP contribution in [0.3, 0.4) is 0 Å². The third kappa shape index (κ3) is 4.11. The molecule has 0 atom stereocenters. The maximum atomic E-state index is 11.2. The Morgan fingerprint density at radius 3 is 2.81 bits per heavy atom. The molecule has 0 radical (unpaired) electrons. The van der Waals surface area contributed by atoms with E-state index in [1.54, 1.807) is 18.2 Å². The molecule has 1 aromatic carbocycles. The minimum atomic E-state index is -0.352. The highest BCUT2D eigenvalue weighted by atomic mass is 35.5. The number of esters is 1. The van der Waals surface area contributed by atoms with Gasteiger partial charge in [-0.2, -0.15) is 0 Å². The van der Waals surface area contributed by atoms with Crippen LogP contribution in [-0.4, -0.2) is 19.2 Å². The second-order valence-corrected chi connectivity index (χ2v) is 3.83. The second-order valence-electron chi connectivity index (χ2n) is 3.42. The molecule has 0 aliphatic carbocycles. The number of rotatable bonds is 5. The van der Waals surface area contributed by atoms with Crippen LogP contribution in [0.1, 0.15) is 18.9 Å². The number of ether oxygens (including phenoxy) is 2. The molecule has 1 rings (SSSR count). The zero-order valence-electron chi connectivity index (χ0n) is 9.46. The first-order chi connectivity index (χ1) is 7.63. The third-order valence-corrected chi connectivity index (χ3v) is 2.38. The highest BCUT2D eigenvalue weighted by molar-refractivity contribution is 6.31. The smallest absolute Gasteiger partial charge is 0.344 e. The van der Waals surface area contributed by atoms with Gasteiger partial charge in [-0.3, -0.25) is 0 Å². The maximum Gasteiger partial charge on any atom is 0.344 e. The summed E-state index contributed by atoms with van der Waals surface area (Å²) < 4.78 is 10.1. The van der Waals surface area contributed by atoms with Crippen molar-refractivity contribution in [2.75, 3.05) is 13.2 Å². The fourth-order valence-electron chi connectivity index (χ4n) is 1.11. The molecule has 16 heavy (non-hydrogen) atoms. The average Bonchev–Trinajstić information content (AvgIpc) is 2.28. The monoisotopic (exact) mass is 242 g/mol. The first-order valence-electron chi connectivity index (χ1n) is 5.18. The molecule has 0 unspecified atom stereocenters. The van der Waals surface area contributed by atoms with Crippen molar-refractivity contribution in [3.63, 3.8) is 0 Å². The summed E-state index contributed by atoms with van der Waals surface area (Å²) in [6.07, 6.45) is 0.811. The van der Waals surface area contributed by atoms with Gasteiger partial charge in [-0.1, -0.05) is 18.5 Å². The van der Waals surface area contributed by atoms with Crippen LogP contribution in [0.2, 0.25) is 5.02 Å². The Hall–Kier alpha value is -1.22. The van der Waals surface area contributed by atoms with Gasteiger partial charge >= 0.3 is 5.97 Å². The zero-order valence-corrected chi connectivity index (χ0v) is 10.2. The molecule has 0 N–H and O–H groups in total. The second kappa shape index (κ2) is 6.38. The van der Waals surface area contributed by atoms with Crippen LogP contribution in [0.25, 0.3) is 0 Å². The Bertz CT molecular complexity index is 363. The molecule has 0 saturated heterocycles. The predicted molar refractivity (Wildman–Crippen MR) is 62.9 cm³/mol. The van der Waals surface area contributed by atoms with Crippen molar-refractivity contribution in [1.29, 1.82) is 0 Å². The summed E-state index contributed by atoms with van der Waals surface area (Å²) in [4.78, 5) is 11.2. The van der Waals surface area contributed by atoms with Crippen LogP contribution in [0.15, 0.2) is 18.2 Å². The fraction of sp³-hybridized carbons (Fsp3) is 0.417. The van der Waals surface area contributed by atoms with Gasteiger partial charge in [-0.25, -0.2) is 4.79 Å².